The van der Waals surface area contributed by atoms with E-state index in [1.165, 1.54) is 43.0 Å². The number of pyridine rings is 1. The van der Waals surface area contributed by atoms with Crippen molar-refractivity contribution in [3.05, 3.63) is 22.9 Å². The Morgan fingerprint density at radius 3 is 2.92 bits per heavy atom. The van der Waals surface area contributed by atoms with Crippen LogP contribution in [0.25, 0.3) is 0 Å². The SMILES string of the molecule is CC1CCCCC1NC(=O)CSc1nc2c(cc1C#N)CCCC2. The predicted molar refractivity (Wildman–Crippen MR) is 95.9 cm³/mol. The van der Waals surface area contributed by atoms with E-state index in [1.807, 2.05) is 6.07 Å². The number of hydrogen-bond acceptors (Lipinski definition) is 4. The first kappa shape index (κ1) is 17.3. The molecule has 0 bridgehead atoms. The second-order valence-corrected chi connectivity index (χ2v) is 7.95. The van der Waals surface area contributed by atoms with E-state index in [2.05, 4.69) is 23.3 Å². The number of rotatable bonds is 4. The maximum atomic E-state index is 12.3. The molecule has 0 spiro atoms. The molecule has 128 valence electrons. The third-order valence-electron chi connectivity index (χ3n) is 5.18. The minimum Gasteiger partial charge on any atom is -0.352 e. The highest BCUT2D eigenvalue weighted by Crippen LogP contribution is 2.28. The fraction of sp³-hybridized carbons (Fsp3) is 0.632. The Labute approximate surface area is 148 Å². The minimum absolute atomic E-state index is 0.0576. The first-order valence-corrected chi connectivity index (χ1v) is 10.0. The van der Waals surface area contributed by atoms with Gasteiger partial charge in [0.05, 0.1) is 11.3 Å². The van der Waals surface area contributed by atoms with Crippen LogP contribution in [0.1, 0.15) is 62.3 Å². The third kappa shape index (κ3) is 4.10. The van der Waals surface area contributed by atoms with E-state index in [0.717, 1.165) is 31.4 Å². The molecule has 0 saturated heterocycles. The normalized spacial score (nSPS) is 23.2. The average molecular weight is 343 g/mol. The van der Waals surface area contributed by atoms with Gasteiger partial charge in [-0.1, -0.05) is 31.5 Å². The largest absolute Gasteiger partial charge is 0.352 e. The van der Waals surface area contributed by atoms with E-state index in [0.29, 0.717) is 28.3 Å². The topological polar surface area (TPSA) is 65.8 Å². The van der Waals surface area contributed by atoms with Crippen LogP contribution in [-0.4, -0.2) is 22.7 Å². The molecule has 2 atom stereocenters. The Hall–Kier alpha value is -1.54. The maximum absolute atomic E-state index is 12.3. The lowest BCUT2D eigenvalue weighted by atomic mass is 9.86. The van der Waals surface area contributed by atoms with Gasteiger partial charge in [-0.3, -0.25) is 4.79 Å². The molecule has 2 aliphatic carbocycles. The highest BCUT2D eigenvalue weighted by Gasteiger charge is 2.23. The van der Waals surface area contributed by atoms with Gasteiger partial charge in [-0.2, -0.15) is 5.26 Å². The molecule has 1 amide bonds. The smallest absolute Gasteiger partial charge is 0.230 e. The Bertz CT molecular complexity index is 653. The standard InChI is InChI=1S/C19H25N3OS/c1-13-6-2-4-8-16(13)21-18(23)12-24-19-15(11-20)10-14-7-3-5-9-17(14)22-19/h10,13,16H,2-9,12H2,1H3,(H,21,23). The molecule has 2 aliphatic rings. The number of fused-ring (bicyclic) bond motifs is 1. The summed E-state index contributed by atoms with van der Waals surface area (Å²) in [5.41, 5.74) is 2.94. The Morgan fingerprint density at radius 2 is 2.12 bits per heavy atom. The van der Waals surface area contributed by atoms with Gasteiger partial charge in [0.1, 0.15) is 11.1 Å². The van der Waals surface area contributed by atoms with Crippen LogP contribution in [0.3, 0.4) is 0 Å². The zero-order valence-corrected chi connectivity index (χ0v) is 15.1. The average Bonchev–Trinajstić information content (AvgIpc) is 2.61. The van der Waals surface area contributed by atoms with E-state index >= 15 is 0 Å². The molecule has 1 aromatic rings. The highest BCUT2D eigenvalue weighted by atomic mass is 32.2. The maximum Gasteiger partial charge on any atom is 0.230 e. The van der Waals surface area contributed by atoms with Crippen molar-refractivity contribution in [1.82, 2.24) is 10.3 Å². The Balaban J connectivity index is 1.61. The first-order chi connectivity index (χ1) is 11.7. The molecule has 2 unspecified atom stereocenters. The lowest BCUT2D eigenvalue weighted by Crippen LogP contribution is -2.41. The molecule has 0 aliphatic heterocycles. The van der Waals surface area contributed by atoms with Crippen LogP contribution in [-0.2, 0) is 17.6 Å². The Morgan fingerprint density at radius 1 is 1.33 bits per heavy atom. The predicted octanol–water partition coefficient (Wildman–Crippen LogP) is 3.62. The van der Waals surface area contributed by atoms with E-state index in [9.17, 15) is 10.1 Å². The molecule has 0 aromatic carbocycles. The fourth-order valence-corrected chi connectivity index (χ4v) is 4.50. The zero-order valence-electron chi connectivity index (χ0n) is 14.3. The lowest BCUT2D eigenvalue weighted by molar-refractivity contribution is -0.119. The van der Waals surface area contributed by atoms with Crippen LogP contribution in [0.5, 0.6) is 0 Å². The number of nitrogens with zero attached hydrogens (tertiary/aromatic N) is 2. The number of aromatic nitrogens is 1. The van der Waals surface area contributed by atoms with Crippen molar-refractivity contribution in [2.75, 3.05) is 5.75 Å². The molecule has 1 N–H and O–H groups in total. The molecular formula is C19H25N3OS. The number of hydrogen-bond donors (Lipinski definition) is 1. The van der Waals surface area contributed by atoms with Crippen molar-refractivity contribution < 1.29 is 4.79 Å². The van der Waals surface area contributed by atoms with Gasteiger partial charge in [-0.25, -0.2) is 4.98 Å². The number of nitriles is 1. The summed E-state index contributed by atoms with van der Waals surface area (Å²) in [5, 5.41) is 13.3. The third-order valence-corrected chi connectivity index (χ3v) is 6.18. The van der Waals surface area contributed by atoms with Crippen LogP contribution < -0.4 is 5.32 Å². The molecule has 4 nitrogen and oxygen atoms in total. The number of carbonyl (C=O) groups excluding carboxylic acids is 1. The number of thioether (sulfide) groups is 1. The quantitative estimate of drug-likeness (QED) is 0.848. The summed E-state index contributed by atoms with van der Waals surface area (Å²) in [6, 6.07) is 4.52. The van der Waals surface area contributed by atoms with Crippen LogP contribution in [0.15, 0.2) is 11.1 Å². The monoisotopic (exact) mass is 343 g/mol. The summed E-state index contributed by atoms with van der Waals surface area (Å²) in [5.74, 6) is 0.954. The highest BCUT2D eigenvalue weighted by molar-refractivity contribution is 8.00. The van der Waals surface area contributed by atoms with Gasteiger partial charge in [0, 0.05) is 11.7 Å². The molecule has 1 saturated carbocycles. The van der Waals surface area contributed by atoms with E-state index in [4.69, 9.17) is 0 Å². The summed E-state index contributed by atoms with van der Waals surface area (Å²) in [6.45, 7) is 2.22. The first-order valence-electron chi connectivity index (χ1n) is 9.02. The van der Waals surface area contributed by atoms with Crippen LogP contribution in [0, 0.1) is 17.2 Å². The summed E-state index contributed by atoms with van der Waals surface area (Å²) >= 11 is 1.40. The molecule has 1 fully saturated rings. The summed E-state index contributed by atoms with van der Waals surface area (Å²) in [7, 11) is 0. The van der Waals surface area contributed by atoms with E-state index in [-0.39, 0.29) is 5.91 Å². The number of carbonyl (C=O) groups is 1. The van der Waals surface area contributed by atoms with Gasteiger partial charge < -0.3 is 5.32 Å². The summed E-state index contributed by atoms with van der Waals surface area (Å²) in [4.78, 5) is 17.0. The second-order valence-electron chi connectivity index (χ2n) is 6.99. The van der Waals surface area contributed by atoms with Crippen molar-refractivity contribution in [2.24, 2.45) is 5.92 Å². The van der Waals surface area contributed by atoms with Crippen molar-refractivity contribution in [3.63, 3.8) is 0 Å². The number of amides is 1. The van der Waals surface area contributed by atoms with Gasteiger partial charge >= 0.3 is 0 Å². The van der Waals surface area contributed by atoms with Crippen LogP contribution >= 0.6 is 11.8 Å². The van der Waals surface area contributed by atoms with Crippen LogP contribution in [0.2, 0.25) is 0 Å². The Kier molecular flexibility index (Phi) is 5.78. The van der Waals surface area contributed by atoms with E-state index < -0.39 is 0 Å². The van der Waals surface area contributed by atoms with Crippen molar-refractivity contribution >= 4 is 17.7 Å². The molecule has 1 aromatic heterocycles. The lowest BCUT2D eigenvalue weighted by Gasteiger charge is -2.29. The van der Waals surface area contributed by atoms with Gasteiger partial charge in [0.15, 0.2) is 0 Å². The molecule has 24 heavy (non-hydrogen) atoms. The molecule has 1 heterocycles. The van der Waals surface area contributed by atoms with Crippen molar-refractivity contribution in [1.29, 1.82) is 5.26 Å². The summed E-state index contributed by atoms with van der Waals surface area (Å²) < 4.78 is 0. The molecule has 5 heteroatoms. The van der Waals surface area contributed by atoms with Crippen molar-refractivity contribution in [3.8, 4) is 6.07 Å². The number of aryl methyl sites for hydroxylation is 2. The van der Waals surface area contributed by atoms with Gasteiger partial charge in [-0.05, 0) is 56.1 Å². The summed E-state index contributed by atoms with van der Waals surface area (Å²) in [6.07, 6.45) is 9.09. The molecule has 3 rings (SSSR count). The van der Waals surface area contributed by atoms with Crippen molar-refractivity contribution in [2.45, 2.75) is 69.4 Å². The molecular weight excluding hydrogens is 318 g/mol. The van der Waals surface area contributed by atoms with E-state index in [1.54, 1.807) is 0 Å². The number of nitrogens with one attached hydrogen (secondary N) is 1. The molecule has 0 radical (unpaired) electrons. The van der Waals surface area contributed by atoms with Crippen LogP contribution in [0.4, 0.5) is 0 Å². The van der Waals surface area contributed by atoms with Gasteiger partial charge in [0.2, 0.25) is 5.91 Å². The second kappa shape index (κ2) is 8.02. The van der Waals surface area contributed by atoms with Gasteiger partial charge in [0.25, 0.3) is 0 Å². The zero-order chi connectivity index (χ0) is 16.9. The fourth-order valence-electron chi connectivity index (χ4n) is 3.72. The van der Waals surface area contributed by atoms with Gasteiger partial charge in [-0.15, -0.1) is 0 Å². The minimum atomic E-state index is 0.0576.